The Labute approximate surface area is 122 Å². The topological polar surface area (TPSA) is 68.3 Å². The average Bonchev–Trinajstić information content (AvgIpc) is 2.88. The number of methoxy groups -OCH3 is 1. The standard InChI is InChI=1S/C13H16N2O3S2/c1-9-4-12(18-3)5-10(2)13(9)20(16,17)15-6-11-7-19-8-14-11/h4-5,7-8,15H,6H2,1-3H3. The molecule has 0 radical (unpaired) electrons. The van der Waals surface area contributed by atoms with Gasteiger partial charge in [0.05, 0.1) is 29.8 Å². The molecule has 1 aromatic carbocycles. The summed E-state index contributed by atoms with van der Waals surface area (Å²) in [4.78, 5) is 4.36. The van der Waals surface area contributed by atoms with Crippen molar-refractivity contribution in [1.82, 2.24) is 9.71 Å². The van der Waals surface area contributed by atoms with E-state index in [1.807, 2.05) is 5.38 Å². The molecule has 1 heterocycles. The van der Waals surface area contributed by atoms with Crippen LogP contribution in [0, 0.1) is 13.8 Å². The fourth-order valence-electron chi connectivity index (χ4n) is 2.02. The number of hydrogen-bond donors (Lipinski definition) is 1. The van der Waals surface area contributed by atoms with Crippen molar-refractivity contribution in [2.75, 3.05) is 7.11 Å². The van der Waals surface area contributed by atoms with E-state index in [4.69, 9.17) is 4.74 Å². The molecule has 108 valence electrons. The largest absolute Gasteiger partial charge is 0.497 e. The predicted molar refractivity (Wildman–Crippen MR) is 78.6 cm³/mol. The molecule has 5 nitrogen and oxygen atoms in total. The zero-order chi connectivity index (χ0) is 14.8. The first-order valence-electron chi connectivity index (χ1n) is 5.96. The highest BCUT2D eigenvalue weighted by Crippen LogP contribution is 2.25. The van der Waals surface area contributed by atoms with Gasteiger partial charge in [0.15, 0.2) is 0 Å². The van der Waals surface area contributed by atoms with Gasteiger partial charge in [0, 0.05) is 5.38 Å². The molecule has 0 aliphatic rings. The molecule has 0 bridgehead atoms. The lowest BCUT2D eigenvalue weighted by Crippen LogP contribution is -2.25. The van der Waals surface area contributed by atoms with Gasteiger partial charge in [-0.1, -0.05) is 0 Å². The van der Waals surface area contributed by atoms with Crippen molar-refractivity contribution in [3.05, 3.63) is 39.8 Å². The number of rotatable bonds is 5. The molecule has 0 fully saturated rings. The lowest BCUT2D eigenvalue weighted by molar-refractivity contribution is 0.413. The van der Waals surface area contributed by atoms with Gasteiger partial charge in [-0.05, 0) is 37.1 Å². The fourth-order valence-corrected chi connectivity index (χ4v) is 4.02. The Kier molecular flexibility index (Phi) is 4.42. The maximum Gasteiger partial charge on any atom is 0.241 e. The summed E-state index contributed by atoms with van der Waals surface area (Å²) in [7, 11) is -2.01. The molecule has 0 amide bonds. The third kappa shape index (κ3) is 3.17. The van der Waals surface area contributed by atoms with Crippen molar-refractivity contribution in [1.29, 1.82) is 0 Å². The predicted octanol–water partition coefficient (Wildman–Crippen LogP) is 2.25. The molecule has 7 heteroatoms. The molecule has 0 saturated carbocycles. The molecule has 0 spiro atoms. The van der Waals surface area contributed by atoms with E-state index < -0.39 is 10.0 Å². The number of thiazole rings is 1. The molecular formula is C13H16N2O3S2. The van der Waals surface area contributed by atoms with Crippen LogP contribution in [0.3, 0.4) is 0 Å². The molecule has 1 N–H and O–H groups in total. The van der Waals surface area contributed by atoms with Crippen molar-refractivity contribution in [2.45, 2.75) is 25.3 Å². The number of benzene rings is 1. The van der Waals surface area contributed by atoms with Gasteiger partial charge in [-0.25, -0.2) is 18.1 Å². The highest BCUT2D eigenvalue weighted by Gasteiger charge is 2.20. The highest BCUT2D eigenvalue weighted by atomic mass is 32.2. The summed E-state index contributed by atoms with van der Waals surface area (Å²) in [6.07, 6.45) is 0. The van der Waals surface area contributed by atoms with Crippen LogP contribution in [-0.2, 0) is 16.6 Å². The number of ether oxygens (including phenoxy) is 1. The number of nitrogens with one attached hydrogen (secondary N) is 1. The van der Waals surface area contributed by atoms with Crippen LogP contribution in [0.4, 0.5) is 0 Å². The van der Waals surface area contributed by atoms with Crippen LogP contribution in [0.2, 0.25) is 0 Å². The van der Waals surface area contributed by atoms with E-state index in [9.17, 15) is 8.42 Å². The number of aryl methyl sites for hydroxylation is 2. The van der Waals surface area contributed by atoms with Gasteiger partial charge >= 0.3 is 0 Å². The first-order valence-corrected chi connectivity index (χ1v) is 8.38. The van der Waals surface area contributed by atoms with E-state index in [1.54, 1.807) is 38.6 Å². The Morgan fingerprint density at radius 3 is 2.45 bits per heavy atom. The molecular weight excluding hydrogens is 296 g/mol. The molecule has 20 heavy (non-hydrogen) atoms. The van der Waals surface area contributed by atoms with Gasteiger partial charge < -0.3 is 4.74 Å². The van der Waals surface area contributed by atoms with Crippen LogP contribution < -0.4 is 9.46 Å². The summed E-state index contributed by atoms with van der Waals surface area (Å²) >= 11 is 1.43. The Bertz CT molecular complexity index is 671. The zero-order valence-corrected chi connectivity index (χ0v) is 13.1. The minimum atomic E-state index is -3.56. The van der Waals surface area contributed by atoms with Crippen molar-refractivity contribution in [3.63, 3.8) is 0 Å². The molecule has 0 atom stereocenters. The molecule has 0 saturated heterocycles. The maximum atomic E-state index is 12.4. The van der Waals surface area contributed by atoms with Crippen LogP contribution in [0.15, 0.2) is 27.9 Å². The third-order valence-corrected chi connectivity index (χ3v) is 5.21. The van der Waals surface area contributed by atoms with Crippen molar-refractivity contribution < 1.29 is 13.2 Å². The summed E-state index contributed by atoms with van der Waals surface area (Å²) in [6.45, 7) is 3.70. The normalized spacial score (nSPS) is 11.6. The lowest BCUT2D eigenvalue weighted by Gasteiger charge is -2.13. The first kappa shape index (κ1) is 15.0. The van der Waals surface area contributed by atoms with E-state index >= 15 is 0 Å². The molecule has 0 aliphatic carbocycles. The highest BCUT2D eigenvalue weighted by molar-refractivity contribution is 7.89. The van der Waals surface area contributed by atoms with Gasteiger partial charge in [0.1, 0.15) is 5.75 Å². The molecule has 0 aliphatic heterocycles. The Morgan fingerprint density at radius 1 is 1.30 bits per heavy atom. The lowest BCUT2D eigenvalue weighted by atomic mass is 10.1. The van der Waals surface area contributed by atoms with E-state index in [2.05, 4.69) is 9.71 Å². The number of hydrogen-bond acceptors (Lipinski definition) is 5. The van der Waals surface area contributed by atoms with Gasteiger partial charge in [0.25, 0.3) is 0 Å². The van der Waals surface area contributed by atoms with Gasteiger partial charge in [-0.3, -0.25) is 0 Å². The summed E-state index contributed by atoms with van der Waals surface area (Å²) < 4.78 is 32.5. The van der Waals surface area contributed by atoms with Gasteiger partial charge in [-0.2, -0.15) is 0 Å². The van der Waals surface area contributed by atoms with Crippen LogP contribution in [0.1, 0.15) is 16.8 Å². The molecule has 2 aromatic rings. The minimum absolute atomic E-state index is 0.191. The Morgan fingerprint density at radius 2 is 1.95 bits per heavy atom. The van der Waals surface area contributed by atoms with Crippen LogP contribution >= 0.6 is 11.3 Å². The smallest absolute Gasteiger partial charge is 0.241 e. The quantitative estimate of drug-likeness (QED) is 0.919. The first-order chi connectivity index (χ1) is 9.44. The second-order valence-electron chi connectivity index (χ2n) is 4.39. The van der Waals surface area contributed by atoms with Gasteiger partial charge in [0.2, 0.25) is 10.0 Å². The fraction of sp³-hybridized carbons (Fsp3) is 0.308. The molecule has 2 rings (SSSR count). The van der Waals surface area contributed by atoms with E-state index in [0.29, 0.717) is 27.5 Å². The van der Waals surface area contributed by atoms with E-state index in [1.165, 1.54) is 11.3 Å². The Hall–Kier alpha value is -1.44. The molecule has 1 aromatic heterocycles. The number of sulfonamides is 1. The van der Waals surface area contributed by atoms with Gasteiger partial charge in [-0.15, -0.1) is 11.3 Å². The second-order valence-corrected chi connectivity index (χ2v) is 6.82. The summed E-state index contributed by atoms with van der Waals surface area (Å²) in [5, 5.41) is 1.82. The van der Waals surface area contributed by atoms with E-state index in [-0.39, 0.29) is 6.54 Å². The number of nitrogens with zero attached hydrogens (tertiary/aromatic N) is 1. The monoisotopic (exact) mass is 312 g/mol. The summed E-state index contributed by atoms with van der Waals surface area (Å²) in [5.74, 6) is 0.651. The van der Waals surface area contributed by atoms with Crippen molar-refractivity contribution in [3.8, 4) is 5.75 Å². The average molecular weight is 312 g/mol. The van der Waals surface area contributed by atoms with Crippen molar-refractivity contribution >= 4 is 21.4 Å². The third-order valence-electron chi connectivity index (χ3n) is 2.87. The zero-order valence-electron chi connectivity index (χ0n) is 11.5. The van der Waals surface area contributed by atoms with Crippen LogP contribution in [-0.4, -0.2) is 20.5 Å². The van der Waals surface area contributed by atoms with Crippen molar-refractivity contribution in [2.24, 2.45) is 0 Å². The summed E-state index contributed by atoms with van der Waals surface area (Å²) in [6, 6.07) is 3.43. The second kappa shape index (κ2) is 5.90. The maximum absolute atomic E-state index is 12.4. The number of aromatic nitrogens is 1. The minimum Gasteiger partial charge on any atom is -0.497 e. The Balaban J connectivity index is 2.29. The summed E-state index contributed by atoms with van der Waals surface area (Å²) in [5.41, 5.74) is 3.70. The molecule has 0 unspecified atom stereocenters. The van der Waals surface area contributed by atoms with E-state index in [0.717, 1.165) is 0 Å². The van der Waals surface area contributed by atoms with Crippen LogP contribution in [0.25, 0.3) is 0 Å². The van der Waals surface area contributed by atoms with Crippen LogP contribution in [0.5, 0.6) is 5.75 Å². The SMILES string of the molecule is COc1cc(C)c(S(=O)(=O)NCc2cscn2)c(C)c1.